The zero-order chi connectivity index (χ0) is 34.1. The molecule has 0 rings (SSSR count). The number of hydrogen-bond donors (Lipinski definition) is 3. The van der Waals surface area contributed by atoms with Gasteiger partial charge < -0.3 is 24.6 Å². The molecular formula is C35H65O10P. The monoisotopic (exact) mass is 676 g/mol. The Hall–Kier alpha value is -1.55. The fraction of sp³-hybridized carbons (Fsp3) is 0.829. The number of aliphatic hydroxyl groups excluding tert-OH is 2. The molecule has 10 nitrogen and oxygen atoms in total. The van der Waals surface area contributed by atoms with Gasteiger partial charge in [-0.2, -0.15) is 0 Å². The summed E-state index contributed by atoms with van der Waals surface area (Å²) in [6, 6.07) is 0. The highest BCUT2D eigenvalue weighted by Crippen LogP contribution is 2.43. The summed E-state index contributed by atoms with van der Waals surface area (Å²) < 4.78 is 32.2. The maximum Gasteiger partial charge on any atom is 0.472 e. The minimum atomic E-state index is -4.62. The van der Waals surface area contributed by atoms with Crippen molar-refractivity contribution in [1.82, 2.24) is 0 Å². The lowest BCUT2D eigenvalue weighted by molar-refractivity contribution is -0.153. The molecule has 0 spiro atoms. The van der Waals surface area contributed by atoms with Crippen LogP contribution in [0.5, 0.6) is 0 Å². The van der Waals surface area contributed by atoms with Gasteiger partial charge in [-0.1, -0.05) is 115 Å². The second-order valence-corrected chi connectivity index (χ2v) is 13.3. The van der Waals surface area contributed by atoms with Crippen molar-refractivity contribution in [3.63, 3.8) is 0 Å². The lowest BCUT2D eigenvalue weighted by atomic mass is 10.1. The zero-order valence-electron chi connectivity index (χ0n) is 28.8. The summed E-state index contributed by atoms with van der Waals surface area (Å²) >= 11 is 0. The van der Waals surface area contributed by atoms with Crippen LogP contribution in [0.2, 0.25) is 0 Å². The summed E-state index contributed by atoms with van der Waals surface area (Å²) in [5, 5.41) is 19.0. The Labute approximate surface area is 278 Å². The summed E-state index contributed by atoms with van der Waals surface area (Å²) in [7, 11) is -4.62. The van der Waals surface area contributed by atoms with Crippen molar-refractivity contribution in [2.75, 3.05) is 26.4 Å². The van der Waals surface area contributed by atoms with Crippen LogP contribution in [0.4, 0.5) is 0 Å². The number of ether oxygens (including phenoxy) is 2. The Morgan fingerprint density at radius 3 is 1.39 bits per heavy atom. The van der Waals surface area contributed by atoms with Gasteiger partial charge in [-0.25, -0.2) is 4.57 Å². The molecule has 3 unspecified atom stereocenters. The summed E-state index contributed by atoms with van der Waals surface area (Å²) in [6.45, 7) is 2.07. The number of carbonyl (C=O) groups is 2. The molecule has 0 aliphatic heterocycles. The van der Waals surface area contributed by atoms with Crippen molar-refractivity contribution in [3.8, 4) is 0 Å². The summed E-state index contributed by atoms with van der Waals surface area (Å²) in [6.07, 6.45) is 27.6. The van der Waals surface area contributed by atoms with Gasteiger partial charge in [0.25, 0.3) is 0 Å². The first kappa shape index (κ1) is 44.5. The number of hydrogen-bond acceptors (Lipinski definition) is 9. The highest BCUT2D eigenvalue weighted by atomic mass is 31.2. The molecule has 0 aromatic heterocycles. The highest BCUT2D eigenvalue weighted by molar-refractivity contribution is 7.47. The van der Waals surface area contributed by atoms with Crippen LogP contribution in [0.15, 0.2) is 24.3 Å². The van der Waals surface area contributed by atoms with E-state index in [0.29, 0.717) is 12.8 Å². The van der Waals surface area contributed by atoms with Crippen LogP contribution in [-0.2, 0) is 32.7 Å². The van der Waals surface area contributed by atoms with E-state index in [0.717, 1.165) is 64.2 Å². The van der Waals surface area contributed by atoms with Crippen molar-refractivity contribution < 1.29 is 47.8 Å². The molecule has 0 amide bonds. The maximum absolute atomic E-state index is 12.2. The number of rotatable bonds is 33. The van der Waals surface area contributed by atoms with Crippen molar-refractivity contribution in [1.29, 1.82) is 0 Å². The Kier molecular flexibility index (Phi) is 30.9. The van der Waals surface area contributed by atoms with Gasteiger partial charge in [0.15, 0.2) is 0 Å². The fourth-order valence-electron chi connectivity index (χ4n) is 4.61. The van der Waals surface area contributed by atoms with Gasteiger partial charge in [0.1, 0.15) is 12.2 Å². The topological polar surface area (TPSA) is 149 Å². The van der Waals surface area contributed by atoms with Gasteiger partial charge in [0, 0.05) is 12.8 Å². The first-order chi connectivity index (χ1) is 22.3. The predicted octanol–water partition coefficient (Wildman–Crippen LogP) is 8.27. The van der Waals surface area contributed by atoms with Gasteiger partial charge >= 0.3 is 19.8 Å². The second-order valence-electron chi connectivity index (χ2n) is 11.9. The number of esters is 2. The predicted molar refractivity (Wildman–Crippen MR) is 182 cm³/mol. The SMILES string of the molecule is CCCCC/C=C\C/C=C\CCCCCCCCCC(=O)OC(CO)COP(=O)(O)OCC(CO)OC(=O)CCCCCCCC. The molecule has 0 saturated heterocycles. The van der Waals surface area contributed by atoms with E-state index in [9.17, 15) is 29.3 Å². The summed E-state index contributed by atoms with van der Waals surface area (Å²) in [5.41, 5.74) is 0. The molecule has 0 heterocycles. The van der Waals surface area contributed by atoms with Gasteiger partial charge in [-0.05, 0) is 44.9 Å². The molecular weight excluding hydrogens is 611 g/mol. The van der Waals surface area contributed by atoms with E-state index in [1.165, 1.54) is 44.9 Å². The largest absolute Gasteiger partial charge is 0.472 e. The second kappa shape index (κ2) is 32.0. The molecule has 0 saturated carbocycles. The average Bonchev–Trinajstić information content (AvgIpc) is 3.04. The molecule has 270 valence electrons. The van der Waals surface area contributed by atoms with Gasteiger partial charge in [0.2, 0.25) is 0 Å². The molecule has 0 aromatic rings. The first-order valence-electron chi connectivity index (χ1n) is 17.8. The van der Waals surface area contributed by atoms with Crippen LogP contribution in [0.25, 0.3) is 0 Å². The minimum Gasteiger partial charge on any atom is -0.457 e. The molecule has 0 radical (unpaired) electrons. The third kappa shape index (κ3) is 29.8. The number of unbranched alkanes of at least 4 members (excludes halogenated alkanes) is 15. The van der Waals surface area contributed by atoms with E-state index in [-0.39, 0.29) is 12.8 Å². The van der Waals surface area contributed by atoms with Crippen molar-refractivity contribution in [2.24, 2.45) is 0 Å². The van der Waals surface area contributed by atoms with E-state index in [2.05, 4.69) is 38.2 Å². The van der Waals surface area contributed by atoms with Crippen LogP contribution in [0.3, 0.4) is 0 Å². The Bertz CT molecular complexity index is 832. The quantitative estimate of drug-likeness (QED) is 0.0268. The maximum atomic E-state index is 12.2. The van der Waals surface area contributed by atoms with Gasteiger partial charge in [0.05, 0.1) is 26.4 Å². The van der Waals surface area contributed by atoms with E-state index in [1.807, 2.05) is 0 Å². The van der Waals surface area contributed by atoms with Crippen molar-refractivity contribution >= 4 is 19.8 Å². The van der Waals surface area contributed by atoms with E-state index >= 15 is 0 Å². The first-order valence-corrected chi connectivity index (χ1v) is 19.3. The zero-order valence-corrected chi connectivity index (χ0v) is 29.7. The van der Waals surface area contributed by atoms with E-state index in [1.54, 1.807) is 0 Å². The minimum absolute atomic E-state index is 0.184. The molecule has 0 bridgehead atoms. The Morgan fingerprint density at radius 1 is 0.587 bits per heavy atom. The number of phosphoric ester groups is 1. The molecule has 11 heteroatoms. The number of carbonyl (C=O) groups excluding carboxylic acids is 2. The molecule has 0 fully saturated rings. The fourth-order valence-corrected chi connectivity index (χ4v) is 5.40. The third-order valence-corrected chi connectivity index (χ3v) is 8.37. The van der Waals surface area contributed by atoms with E-state index in [4.69, 9.17) is 18.5 Å². The van der Waals surface area contributed by atoms with Crippen molar-refractivity contribution in [3.05, 3.63) is 24.3 Å². The molecule has 3 N–H and O–H groups in total. The van der Waals surface area contributed by atoms with Gasteiger partial charge in [-0.3, -0.25) is 18.6 Å². The van der Waals surface area contributed by atoms with Gasteiger partial charge in [-0.15, -0.1) is 0 Å². The molecule has 3 atom stereocenters. The van der Waals surface area contributed by atoms with Crippen molar-refractivity contribution in [2.45, 2.75) is 161 Å². The van der Waals surface area contributed by atoms with Crippen LogP contribution < -0.4 is 0 Å². The summed E-state index contributed by atoms with van der Waals surface area (Å²) in [5.74, 6) is -1.04. The highest BCUT2D eigenvalue weighted by Gasteiger charge is 2.27. The van der Waals surface area contributed by atoms with Crippen LogP contribution in [0.1, 0.15) is 149 Å². The third-order valence-electron chi connectivity index (χ3n) is 7.42. The Morgan fingerprint density at radius 2 is 0.957 bits per heavy atom. The number of aliphatic hydroxyl groups is 2. The molecule has 0 aliphatic carbocycles. The van der Waals surface area contributed by atoms with Crippen LogP contribution in [-0.4, -0.2) is 65.7 Å². The lowest BCUT2D eigenvalue weighted by Gasteiger charge is -2.20. The lowest BCUT2D eigenvalue weighted by Crippen LogP contribution is -2.28. The average molecular weight is 677 g/mol. The van der Waals surface area contributed by atoms with Crippen LogP contribution in [0, 0.1) is 0 Å². The summed E-state index contributed by atoms with van der Waals surface area (Å²) in [4.78, 5) is 34.1. The molecule has 0 aliphatic rings. The smallest absolute Gasteiger partial charge is 0.457 e. The normalized spacial score (nSPS) is 14.5. The molecule has 46 heavy (non-hydrogen) atoms. The number of phosphoric acid groups is 1. The van der Waals surface area contributed by atoms with E-state index < -0.39 is 58.4 Å². The number of allylic oxidation sites excluding steroid dienone is 4. The molecule has 0 aromatic carbocycles. The Balaban J connectivity index is 3.96. The standard InChI is InChI=1S/C35H65O10P/c1-3-5-7-9-11-12-13-14-15-16-17-18-19-20-21-23-25-27-35(39)45-33(29-37)31-43-46(40,41)42-30-32(28-36)44-34(38)26-24-22-10-8-6-4-2/h11-12,14-15,32-33,36-37H,3-10,13,16-31H2,1-2H3,(H,40,41)/b12-11-,15-14-. The van der Waals surface area contributed by atoms with Crippen LogP contribution >= 0.6 is 7.82 Å².